The molecule has 2 aromatic carbocycles. The molecule has 2 aliphatic heterocycles. The van der Waals surface area contributed by atoms with Gasteiger partial charge >= 0.3 is 0 Å². The first-order valence-corrected chi connectivity index (χ1v) is 24.1. The van der Waals surface area contributed by atoms with Gasteiger partial charge in [0.2, 0.25) is 24.2 Å². The molecule has 16 heteroatoms. The lowest BCUT2D eigenvalue weighted by Crippen LogP contribution is -2.52. The Hall–Kier alpha value is -4.54. The van der Waals surface area contributed by atoms with E-state index in [-0.39, 0.29) is 35.6 Å². The first-order chi connectivity index (χ1) is 30.9. The van der Waals surface area contributed by atoms with Crippen molar-refractivity contribution in [1.82, 2.24) is 29.1 Å². The number of aliphatic hydroxyl groups is 1. The molecule has 2 saturated heterocycles. The molecule has 0 spiro atoms. The Labute approximate surface area is 386 Å². The standard InChI is InChI=1S/C26H38N4O3.C22H26ClN5O2S/c1-28(2)24-16-21(20-12-14-29(15-13-20)17-19-6-4-3-5-7-19)8-9-22(24)30(18-31)23-10-11-25(32)27-26(23)33;1-14-11-17(31-27(2)9-10-29)7-8-19(14)25-22-24-13-15-12-18(23)21(30)28(20(15)26-22)16-5-3-4-6-16/h8-9,16,18-20,23H,3-7,10-15,17H2,1-2H3,(H,27,32,33);7-8,11-13,16,29H,3-6,9-10H2,1-2H3,(H,24,25,26). The van der Waals surface area contributed by atoms with Crippen LogP contribution in [0.2, 0.25) is 5.02 Å². The van der Waals surface area contributed by atoms with E-state index in [0.29, 0.717) is 42.6 Å². The molecule has 3 N–H and O–H groups in total. The number of aromatic nitrogens is 3. The van der Waals surface area contributed by atoms with Crippen molar-refractivity contribution in [2.24, 2.45) is 5.92 Å². The quantitative estimate of drug-likeness (QED) is 0.0642. The molecule has 2 saturated carbocycles. The van der Waals surface area contributed by atoms with Gasteiger partial charge in [0.05, 0.1) is 18.0 Å². The summed E-state index contributed by atoms with van der Waals surface area (Å²) in [5, 5.41) is 15.7. The highest BCUT2D eigenvalue weighted by molar-refractivity contribution is 7.97. The highest BCUT2D eigenvalue weighted by atomic mass is 35.5. The minimum absolute atomic E-state index is 0.124. The van der Waals surface area contributed by atoms with Gasteiger partial charge in [0.1, 0.15) is 16.7 Å². The van der Waals surface area contributed by atoms with Gasteiger partial charge in [-0.2, -0.15) is 4.98 Å². The number of carbonyl (C=O) groups excluding carboxylic acids is 3. The number of rotatable bonds is 14. The van der Waals surface area contributed by atoms with Gasteiger partial charge in [-0.05, 0) is 143 Å². The molecule has 3 amide bonds. The third-order valence-electron chi connectivity index (χ3n) is 13.3. The number of imide groups is 1. The summed E-state index contributed by atoms with van der Waals surface area (Å²) in [6, 6.07) is 13.5. The second-order valence-corrected chi connectivity index (χ2v) is 19.7. The number of aryl methyl sites for hydroxylation is 1. The van der Waals surface area contributed by atoms with Gasteiger partial charge in [-0.25, -0.2) is 9.29 Å². The second kappa shape index (κ2) is 22.1. The van der Waals surface area contributed by atoms with Crippen molar-refractivity contribution in [2.75, 3.05) is 69.0 Å². The van der Waals surface area contributed by atoms with E-state index in [2.05, 4.69) is 38.7 Å². The molecule has 0 bridgehead atoms. The average molecular weight is 915 g/mol. The van der Waals surface area contributed by atoms with Gasteiger partial charge in [0, 0.05) is 61.8 Å². The number of piperidine rings is 2. The molecule has 0 radical (unpaired) electrons. The molecule has 4 aromatic rings. The van der Waals surface area contributed by atoms with E-state index in [0.717, 1.165) is 84.8 Å². The summed E-state index contributed by atoms with van der Waals surface area (Å²) in [5.74, 6) is 1.16. The van der Waals surface area contributed by atoms with Crippen LogP contribution in [0.15, 0.2) is 58.4 Å². The summed E-state index contributed by atoms with van der Waals surface area (Å²) in [6.45, 7) is 6.30. The second-order valence-electron chi connectivity index (χ2n) is 18.0. The highest BCUT2D eigenvalue weighted by Crippen LogP contribution is 2.38. The number of benzene rings is 2. The van der Waals surface area contributed by atoms with E-state index in [9.17, 15) is 19.2 Å². The number of pyridine rings is 1. The lowest BCUT2D eigenvalue weighted by molar-refractivity contribution is -0.134. The number of fused-ring (bicyclic) bond motifs is 1. The maximum absolute atomic E-state index is 12.8. The third-order valence-corrected chi connectivity index (χ3v) is 14.5. The summed E-state index contributed by atoms with van der Waals surface area (Å²) in [6.07, 6.45) is 16.5. The van der Waals surface area contributed by atoms with Crippen LogP contribution in [0.25, 0.3) is 11.0 Å². The largest absolute Gasteiger partial charge is 0.395 e. The van der Waals surface area contributed by atoms with Crippen LogP contribution in [0.1, 0.15) is 107 Å². The Balaban J connectivity index is 0.000000192. The van der Waals surface area contributed by atoms with Gasteiger partial charge in [-0.1, -0.05) is 49.8 Å². The zero-order chi connectivity index (χ0) is 45.3. The molecule has 4 fully saturated rings. The number of nitrogens with zero attached hydrogens (tertiary/aromatic N) is 7. The van der Waals surface area contributed by atoms with Gasteiger partial charge in [-0.3, -0.25) is 29.1 Å². The smallest absolute Gasteiger partial charge is 0.271 e. The molecule has 64 heavy (non-hydrogen) atoms. The van der Waals surface area contributed by atoms with E-state index in [1.807, 2.05) is 55.5 Å². The summed E-state index contributed by atoms with van der Waals surface area (Å²) in [5.41, 5.74) is 5.32. The van der Waals surface area contributed by atoms with E-state index >= 15 is 0 Å². The summed E-state index contributed by atoms with van der Waals surface area (Å²) < 4.78 is 3.74. The molecule has 1 unspecified atom stereocenters. The first kappa shape index (κ1) is 47.4. The number of carbonyl (C=O) groups is 3. The minimum atomic E-state index is -0.659. The molecule has 14 nitrogen and oxygen atoms in total. The van der Waals surface area contributed by atoms with Crippen LogP contribution in [-0.4, -0.2) is 107 Å². The van der Waals surface area contributed by atoms with Crippen LogP contribution in [-0.2, 0) is 14.4 Å². The van der Waals surface area contributed by atoms with E-state index in [1.165, 1.54) is 49.1 Å². The number of hydrogen-bond acceptors (Lipinski definition) is 12. The minimum Gasteiger partial charge on any atom is -0.395 e. The predicted molar refractivity (Wildman–Crippen MR) is 257 cm³/mol. The van der Waals surface area contributed by atoms with Crippen LogP contribution in [0.3, 0.4) is 0 Å². The fourth-order valence-electron chi connectivity index (χ4n) is 9.77. The number of likely N-dealkylation sites (tertiary alicyclic amines) is 1. The Bertz CT molecular complexity index is 2320. The molecular weight excluding hydrogens is 850 g/mol. The molecule has 8 rings (SSSR count). The fraction of sp³-hybridized carbons (Fsp3) is 0.542. The third kappa shape index (κ3) is 11.6. The monoisotopic (exact) mass is 913 g/mol. The normalized spacial score (nSPS) is 19.1. The Morgan fingerprint density at radius 1 is 0.922 bits per heavy atom. The van der Waals surface area contributed by atoms with Crippen molar-refractivity contribution in [3.8, 4) is 0 Å². The lowest BCUT2D eigenvalue weighted by Gasteiger charge is -2.36. The zero-order valence-corrected chi connectivity index (χ0v) is 39.3. The predicted octanol–water partition coefficient (Wildman–Crippen LogP) is 7.82. The Morgan fingerprint density at radius 3 is 2.33 bits per heavy atom. The van der Waals surface area contributed by atoms with E-state index < -0.39 is 11.9 Å². The van der Waals surface area contributed by atoms with Gasteiger partial charge in [0.15, 0.2) is 0 Å². The fourth-order valence-corrected chi connectivity index (χ4v) is 10.9. The van der Waals surface area contributed by atoms with Crippen LogP contribution in [0, 0.1) is 12.8 Å². The van der Waals surface area contributed by atoms with Crippen molar-refractivity contribution in [3.63, 3.8) is 0 Å². The maximum atomic E-state index is 12.8. The lowest BCUT2D eigenvalue weighted by atomic mass is 9.86. The number of likely N-dealkylation sites (N-methyl/N-ethyl adjacent to an activating group) is 1. The molecule has 2 aliphatic carbocycles. The van der Waals surface area contributed by atoms with Crippen LogP contribution >= 0.6 is 23.5 Å². The van der Waals surface area contributed by atoms with Crippen molar-refractivity contribution >= 4 is 75.8 Å². The average Bonchev–Trinajstić information content (AvgIpc) is 3.82. The van der Waals surface area contributed by atoms with Gasteiger partial charge in [-0.15, -0.1) is 0 Å². The first-order valence-electron chi connectivity index (χ1n) is 23.0. The van der Waals surface area contributed by atoms with Crippen molar-refractivity contribution in [1.29, 1.82) is 0 Å². The molecule has 1 atom stereocenters. The topological polar surface area (TPSA) is 156 Å². The van der Waals surface area contributed by atoms with Crippen LogP contribution in [0.5, 0.6) is 0 Å². The highest BCUT2D eigenvalue weighted by Gasteiger charge is 2.34. The van der Waals surface area contributed by atoms with Gasteiger partial charge < -0.3 is 25.1 Å². The molecule has 4 heterocycles. The van der Waals surface area contributed by atoms with E-state index in [4.69, 9.17) is 21.7 Å². The van der Waals surface area contributed by atoms with Crippen molar-refractivity contribution in [3.05, 3.63) is 75.2 Å². The Morgan fingerprint density at radius 2 is 1.66 bits per heavy atom. The number of anilines is 4. The van der Waals surface area contributed by atoms with Crippen LogP contribution in [0.4, 0.5) is 23.0 Å². The number of nitrogens with one attached hydrogen (secondary N) is 2. The molecule has 344 valence electrons. The van der Waals surface area contributed by atoms with Crippen molar-refractivity contribution < 1.29 is 19.5 Å². The zero-order valence-electron chi connectivity index (χ0n) is 37.7. The maximum Gasteiger partial charge on any atom is 0.271 e. The molecular formula is C48H64ClN9O5S. The molecule has 2 aromatic heterocycles. The van der Waals surface area contributed by atoms with Gasteiger partial charge in [0.25, 0.3) is 5.56 Å². The van der Waals surface area contributed by atoms with Crippen molar-refractivity contribution in [2.45, 2.75) is 113 Å². The summed E-state index contributed by atoms with van der Waals surface area (Å²) in [7, 11) is 5.87. The Kier molecular flexibility index (Phi) is 16.4. The molecule has 4 aliphatic rings. The SMILES string of the molecule is CN(C)c1cc(C2CCN(CC3CCCCC3)CC2)ccc1N(C=O)C1CCC(=O)NC1=O.Cc1cc(SN(C)CCO)ccc1Nc1ncc2cc(Cl)c(=O)n(C3CCCC3)c2n1. The van der Waals surface area contributed by atoms with Crippen LogP contribution < -0.4 is 26.0 Å². The summed E-state index contributed by atoms with van der Waals surface area (Å²) in [4.78, 5) is 65.1. The number of hydrogen-bond donors (Lipinski definition) is 3. The number of amides is 3. The number of halogens is 1. The summed E-state index contributed by atoms with van der Waals surface area (Å²) >= 11 is 7.79. The number of aliphatic hydroxyl groups excluding tert-OH is 1. The van der Waals surface area contributed by atoms with E-state index in [1.54, 1.807) is 28.8 Å².